The number of rotatable bonds is 6. The van der Waals surface area contributed by atoms with Gasteiger partial charge in [0.2, 0.25) is 12.7 Å². The topological polar surface area (TPSA) is 68.8 Å². The van der Waals surface area contributed by atoms with Crippen LogP contribution in [0.4, 0.5) is 5.69 Å². The Labute approximate surface area is 147 Å². The fraction of sp³-hybridized carbons (Fsp3) is 0.316. The number of carbonyl (C=O) groups excluding carboxylic acids is 1. The van der Waals surface area contributed by atoms with Crippen molar-refractivity contribution in [1.29, 1.82) is 0 Å². The molecule has 1 aliphatic heterocycles. The standard InChI is InChI=1S/C19H22N2O4/c1-12(15-6-4-5-7-16(15)23-3)20-13(2)19(22)21-14-8-9-17-18(10-14)25-11-24-17/h4-10,12-13,20H,11H2,1-3H3,(H,21,22)/t12-,13+/m1/s1. The van der Waals surface area contributed by atoms with Gasteiger partial charge in [0.05, 0.1) is 13.2 Å². The van der Waals surface area contributed by atoms with Crippen molar-refractivity contribution in [1.82, 2.24) is 5.32 Å². The lowest BCUT2D eigenvalue weighted by atomic mass is 10.1. The van der Waals surface area contributed by atoms with Crippen LogP contribution >= 0.6 is 0 Å². The van der Waals surface area contributed by atoms with Crippen LogP contribution in [0, 0.1) is 0 Å². The van der Waals surface area contributed by atoms with E-state index in [1.54, 1.807) is 25.3 Å². The summed E-state index contributed by atoms with van der Waals surface area (Å²) in [5, 5.41) is 6.18. The van der Waals surface area contributed by atoms with Gasteiger partial charge in [0, 0.05) is 23.4 Å². The van der Waals surface area contributed by atoms with Crippen LogP contribution in [0.15, 0.2) is 42.5 Å². The van der Waals surface area contributed by atoms with Gasteiger partial charge in [-0.25, -0.2) is 0 Å². The second-order valence-electron chi connectivity index (χ2n) is 5.91. The van der Waals surface area contributed by atoms with Crippen LogP contribution in [0.5, 0.6) is 17.2 Å². The SMILES string of the molecule is COc1ccccc1[C@@H](C)N[C@@H](C)C(=O)Nc1ccc2c(c1)OCO2. The fourth-order valence-electron chi connectivity index (χ4n) is 2.79. The number of ether oxygens (including phenoxy) is 3. The van der Waals surface area contributed by atoms with E-state index >= 15 is 0 Å². The number of para-hydroxylation sites is 1. The predicted octanol–water partition coefficient (Wildman–Crippen LogP) is 3.10. The molecular weight excluding hydrogens is 320 g/mol. The molecule has 6 nitrogen and oxygen atoms in total. The summed E-state index contributed by atoms with van der Waals surface area (Å²) in [6, 6.07) is 12.7. The molecule has 0 saturated heterocycles. The maximum Gasteiger partial charge on any atom is 0.241 e. The molecule has 0 aliphatic carbocycles. The largest absolute Gasteiger partial charge is 0.496 e. The van der Waals surface area contributed by atoms with Crippen molar-refractivity contribution in [3.8, 4) is 17.2 Å². The van der Waals surface area contributed by atoms with E-state index in [0.29, 0.717) is 17.2 Å². The third kappa shape index (κ3) is 3.85. The number of benzene rings is 2. The summed E-state index contributed by atoms with van der Waals surface area (Å²) in [6.45, 7) is 4.04. The number of methoxy groups -OCH3 is 1. The van der Waals surface area contributed by atoms with Crippen molar-refractivity contribution < 1.29 is 19.0 Å². The fourth-order valence-corrected chi connectivity index (χ4v) is 2.79. The first-order valence-electron chi connectivity index (χ1n) is 8.18. The van der Waals surface area contributed by atoms with Gasteiger partial charge in [-0.15, -0.1) is 0 Å². The Hall–Kier alpha value is -2.73. The highest BCUT2D eigenvalue weighted by Crippen LogP contribution is 2.34. The number of carbonyl (C=O) groups is 1. The molecule has 6 heteroatoms. The summed E-state index contributed by atoms with van der Waals surface area (Å²) in [5.74, 6) is 2.00. The number of anilines is 1. The first kappa shape index (κ1) is 17.1. The zero-order valence-corrected chi connectivity index (χ0v) is 14.5. The number of fused-ring (bicyclic) bond motifs is 1. The molecule has 0 saturated carbocycles. The number of hydrogen-bond acceptors (Lipinski definition) is 5. The average molecular weight is 342 g/mol. The van der Waals surface area contributed by atoms with Gasteiger partial charge in [0.25, 0.3) is 0 Å². The van der Waals surface area contributed by atoms with E-state index < -0.39 is 0 Å². The molecule has 0 fully saturated rings. The molecule has 0 spiro atoms. The summed E-state index contributed by atoms with van der Waals surface area (Å²) in [7, 11) is 1.64. The Kier molecular flexibility index (Phi) is 5.09. The number of amides is 1. The maximum atomic E-state index is 12.5. The van der Waals surface area contributed by atoms with E-state index in [1.165, 1.54) is 0 Å². The highest BCUT2D eigenvalue weighted by molar-refractivity contribution is 5.94. The first-order chi connectivity index (χ1) is 12.1. The Morgan fingerprint density at radius 1 is 1.12 bits per heavy atom. The molecule has 1 aliphatic rings. The third-order valence-corrected chi connectivity index (χ3v) is 4.14. The highest BCUT2D eigenvalue weighted by atomic mass is 16.7. The van der Waals surface area contributed by atoms with Crippen molar-refractivity contribution in [2.24, 2.45) is 0 Å². The Morgan fingerprint density at radius 3 is 2.68 bits per heavy atom. The first-order valence-corrected chi connectivity index (χ1v) is 8.18. The van der Waals surface area contributed by atoms with E-state index in [0.717, 1.165) is 11.3 Å². The Morgan fingerprint density at radius 2 is 1.88 bits per heavy atom. The minimum atomic E-state index is -0.384. The van der Waals surface area contributed by atoms with E-state index in [2.05, 4.69) is 10.6 Å². The smallest absolute Gasteiger partial charge is 0.241 e. The molecule has 132 valence electrons. The van der Waals surface area contributed by atoms with Gasteiger partial charge >= 0.3 is 0 Å². The highest BCUT2D eigenvalue weighted by Gasteiger charge is 2.20. The molecule has 2 aromatic carbocycles. The van der Waals surface area contributed by atoms with Crippen LogP contribution in [0.3, 0.4) is 0 Å². The predicted molar refractivity (Wildman–Crippen MR) is 95.2 cm³/mol. The second-order valence-corrected chi connectivity index (χ2v) is 5.91. The summed E-state index contributed by atoms with van der Waals surface area (Å²) in [4.78, 5) is 12.5. The molecule has 0 bridgehead atoms. The quantitative estimate of drug-likeness (QED) is 0.844. The van der Waals surface area contributed by atoms with E-state index in [4.69, 9.17) is 14.2 Å². The molecule has 3 rings (SSSR count). The van der Waals surface area contributed by atoms with Crippen LogP contribution < -0.4 is 24.8 Å². The molecule has 2 N–H and O–H groups in total. The minimum Gasteiger partial charge on any atom is -0.496 e. The van der Waals surface area contributed by atoms with E-state index in [-0.39, 0.29) is 24.8 Å². The molecule has 2 aromatic rings. The molecule has 0 unspecified atom stereocenters. The van der Waals surface area contributed by atoms with Gasteiger partial charge in [0.15, 0.2) is 11.5 Å². The summed E-state index contributed by atoms with van der Waals surface area (Å²) < 4.78 is 16.0. The number of hydrogen-bond donors (Lipinski definition) is 2. The molecular formula is C19H22N2O4. The maximum absolute atomic E-state index is 12.5. The third-order valence-electron chi connectivity index (χ3n) is 4.14. The summed E-state index contributed by atoms with van der Waals surface area (Å²) in [5.41, 5.74) is 1.68. The Bertz CT molecular complexity index is 763. The molecule has 25 heavy (non-hydrogen) atoms. The van der Waals surface area contributed by atoms with E-state index in [1.807, 2.05) is 38.1 Å². The van der Waals surface area contributed by atoms with Gasteiger partial charge in [0.1, 0.15) is 5.75 Å². The minimum absolute atomic E-state index is 0.0337. The van der Waals surface area contributed by atoms with Crippen molar-refractivity contribution in [3.63, 3.8) is 0 Å². The molecule has 2 atom stereocenters. The lowest BCUT2D eigenvalue weighted by molar-refractivity contribution is -0.117. The van der Waals surface area contributed by atoms with Crippen molar-refractivity contribution >= 4 is 11.6 Å². The number of nitrogens with one attached hydrogen (secondary N) is 2. The zero-order valence-electron chi connectivity index (χ0n) is 14.5. The van der Waals surface area contributed by atoms with Crippen LogP contribution in [0.2, 0.25) is 0 Å². The molecule has 1 amide bonds. The van der Waals surface area contributed by atoms with Crippen LogP contribution in [0.1, 0.15) is 25.5 Å². The normalized spacial score (nSPS) is 14.7. The second kappa shape index (κ2) is 7.44. The van der Waals surface area contributed by atoms with Crippen LogP contribution in [-0.2, 0) is 4.79 Å². The Balaban J connectivity index is 1.62. The van der Waals surface area contributed by atoms with Crippen LogP contribution in [-0.4, -0.2) is 25.9 Å². The summed E-state index contributed by atoms with van der Waals surface area (Å²) >= 11 is 0. The molecule has 0 radical (unpaired) electrons. The molecule has 0 aromatic heterocycles. The summed E-state index contributed by atoms with van der Waals surface area (Å²) in [6.07, 6.45) is 0. The van der Waals surface area contributed by atoms with Gasteiger partial charge in [-0.2, -0.15) is 0 Å². The monoisotopic (exact) mass is 342 g/mol. The average Bonchev–Trinajstić information content (AvgIpc) is 3.09. The van der Waals surface area contributed by atoms with Crippen molar-refractivity contribution in [3.05, 3.63) is 48.0 Å². The van der Waals surface area contributed by atoms with Gasteiger partial charge in [-0.1, -0.05) is 18.2 Å². The lowest BCUT2D eigenvalue weighted by Crippen LogP contribution is -2.39. The van der Waals surface area contributed by atoms with Crippen LogP contribution in [0.25, 0.3) is 0 Å². The zero-order chi connectivity index (χ0) is 17.8. The molecule has 1 heterocycles. The van der Waals surface area contributed by atoms with Gasteiger partial charge in [-0.05, 0) is 32.0 Å². The van der Waals surface area contributed by atoms with E-state index in [9.17, 15) is 4.79 Å². The lowest BCUT2D eigenvalue weighted by Gasteiger charge is -2.21. The van der Waals surface area contributed by atoms with Crippen molar-refractivity contribution in [2.45, 2.75) is 25.9 Å². The van der Waals surface area contributed by atoms with Gasteiger partial charge < -0.3 is 19.5 Å². The van der Waals surface area contributed by atoms with Crippen molar-refractivity contribution in [2.75, 3.05) is 19.2 Å². The van der Waals surface area contributed by atoms with Gasteiger partial charge in [-0.3, -0.25) is 10.1 Å².